The van der Waals surface area contributed by atoms with E-state index in [0.717, 1.165) is 37.1 Å². The number of carbonyl (C=O) groups is 2. The van der Waals surface area contributed by atoms with E-state index in [1.807, 2.05) is 17.9 Å². The van der Waals surface area contributed by atoms with Gasteiger partial charge in [0.15, 0.2) is 11.8 Å². The number of piperidine rings is 3. The van der Waals surface area contributed by atoms with Crippen molar-refractivity contribution in [3.63, 3.8) is 0 Å². The van der Waals surface area contributed by atoms with Crippen molar-refractivity contribution >= 4 is 34.3 Å². The van der Waals surface area contributed by atoms with Crippen LogP contribution in [0, 0.1) is 12.7 Å². The summed E-state index contributed by atoms with van der Waals surface area (Å²) in [6.45, 7) is 6.06. The number of nitrogens with one attached hydrogen (secondary N) is 1. The standard InChI is InChI=1S/C35H44FN7O4/c1-22-18-23(19-29(40-38)31(22)37)20-30(34(45)42-16-10-26(11-17-42)41-12-3-2-4-13-41)47-35(46)43-14-8-24(9-15-43)27-21-25-6-5-7-28(36)32(25)39-33(27)44/h5-7,18-19,21,24,26,30,38H,2-4,8-17,20,37H2,1H3,(H,39,44)/p+1. The van der Waals surface area contributed by atoms with Crippen LogP contribution in [0.3, 0.4) is 0 Å². The summed E-state index contributed by atoms with van der Waals surface area (Å²) >= 11 is 0. The molecule has 0 saturated carbocycles. The third-order valence-electron chi connectivity index (χ3n) is 10.2. The average Bonchev–Trinajstić information content (AvgIpc) is 3.10. The molecule has 3 fully saturated rings. The van der Waals surface area contributed by atoms with E-state index in [0.29, 0.717) is 67.4 Å². The van der Waals surface area contributed by atoms with E-state index in [4.69, 9.17) is 16.0 Å². The van der Waals surface area contributed by atoms with Gasteiger partial charge in [-0.2, -0.15) is 5.53 Å². The minimum atomic E-state index is -1.03. The molecular weight excluding hydrogens is 601 g/mol. The Morgan fingerprint density at radius 2 is 1.72 bits per heavy atom. The van der Waals surface area contributed by atoms with Crippen LogP contribution in [0.2, 0.25) is 0 Å². The number of amides is 2. The Kier molecular flexibility index (Phi) is 9.86. The normalized spacial score (nSPS) is 19.1. The molecule has 250 valence electrons. The molecule has 1 atom stereocenters. The number of ether oxygens (including phenoxy) is 1. The smallest absolute Gasteiger partial charge is 0.410 e. The molecule has 12 heteroatoms. The highest BCUT2D eigenvalue weighted by Crippen LogP contribution is 2.30. The number of likely N-dealkylation sites (tertiary alicyclic amines) is 3. The van der Waals surface area contributed by atoms with Gasteiger partial charge in [0.25, 0.3) is 11.5 Å². The number of anilines is 1. The van der Waals surface area contributed by atoms with E-state index in [1.54, 1.807) is 29.2 Å². The van der Waals surface area contributed by atoms with Crippen LogP contribution in [0.5, 0.6) is 0 Å². The fourth-order valence-electron chi connectivity index (χ4n) is 7.49. The predicted octanol–water partition coefficient (Wildman–Crippen LogP) is 3.80. The van der Waals surface area contributed by atoms with Crippen molar-refractivity contribution in [2.24, 2.45) is 5.11 Å². The number of hydrogen-bond acceptors (Lipinski definition) is 7. The molecule has 1 unspecified atom stereocenters. The number of pyridine rings is 1. The van der Waals surface area contributed by atoms with Crippen LogP contribution in [-0.2, 0) is 16.0 Å². The molecule has 5 N–H and O–H groups in total. The summed E-state index contributed by atoms with van der Waals surface area (Å²) < 4.78 is 20.2. The summed E-state index contributed by atoms with van der Waals surface area (Å²) in [5.41, 5.74) is 14.6. The van der Waals surface area contributed by atoms with E-state index in [1.165, 1.54) is 25.3 Å². The average molecular weight is 647 g/mol. The first-order chi connectivity index (χ1) is 22.7. The number of aromatic nitrogens is 1. The quantitative estimate of drug-likeness (QED) is 0.263. The molecule has 0 radical (unpaired) electrons. The third kappa shape index (κ3) is 7.17. The molecule has 47 heavy (non-hydrogen) atoms. The van der Waals surface area contributed by atoms with Gasteiger partial charge in [0.2, 0.25) is 0 Å². The van der Waals surface area contributed by atoms with Gasteiger partial charge < -0.3 is 30.2 Å². The second-order valence-electron chi connectivity index (χ2n) is 13.2. The molecule has 3 aliphatic rings. The summed E-state index contributed by atoms with van der Waals surface area (Å²) in [6, 6.07) is 10.5. The number of rotatable bonds is 7. The molecule has 3 aromatic rings. The molecule has 0 spiro atoms. The topological polar surface area (TPSA) is 150 Å². The number of para-hydroxylation sites is 1. The van der Waals surface area contributed by atoms with Crippen LogP contribution in [0.15, 0.2) is 46.3 Å². The first-order valence-electron chi connectivity index (χ1n) is 16.8. The zero-order valence-electron chi connectivity index (χ0n) is 27.1. The van der Waals surface area contributed by atoms with Crippen molar-refractivity contribution in [1.29, 1.82) is 0 Å². The van der Waals surface area contributed by atoms with Crippen molar-refractivity contribution < 1.29 is 24.2 Å². The van der Waals surface area contributed by atoms with Crippen LogP contribution in [0.1, 0.15) is 67.6 Å². The van der Waals surface area contributed by atoms with Gasteiger partial charge in [0.1, 0.15) is 5.82 Å². The maximum Gasteiger partial charge on any atom is 0.410 e. The number of fused-ring (bicyclic) bond motifs is 1. The minimum absolute atomic E-state index is 0.0923. The highest BCUT2D eigenvalue weighted by molar-refractivity contribution is 5.84. The molecule has 0 bridgehead atoms. The minimum Gasteiger partial charge on any atom is -0.436 e. The SMILES string of the molecule is Cc1cc(CC(OC(=O)N2CCC(c3cc4cccc(F)c4[nH]c3=O)CC2)C(=O)N2CCC(N3CCCCC3)CC2)cc(N=[NH2+])c1N. The molecule has 2 aromatic carbocycles. The first-order valence-corrected chi connectivity index (χ1v) is 16.8. The van der Waals surface area contributed by atoms with Gasteiger partial charge in [-0.05, 0) is 98.9 Å². The Bertz CT molecular complexity index is 1690. The molecular formula is C35H45FN7O4+. The van der Waals surface area contributed by atoms with Gasteiger partial charge in [-0.1, -0.05) is 24.6 Å². The van der Waals surface area contributed by atoms with Crippen LogP contribution < -0.4 is 16.8 Å². The van der Waals surface area contributed by atoms with Gasteiger partial charge in [0.05, 0.1) is 11.2 Å². The van der Waals surface area contributed by atoms with Crippen molar-refractivity contribution in [3.05, 3.63) is 69.3 Å². The Labute approximate surface area is 273 Å². The van der Waals surface area contributed by atoms with E-state index in [9.17, 15) is 18.8 Å². The first kappa shape index (κ1) is 32.6. The van der Waals surface area contributed by atoms with Crippen LogP contribution in [-0.4, -0.2) is 83.1 Å². The lowest BCUT2D eigenvalue weighted by Crippen LogP contribution is -2.52. The Morgan fingerprint density at radius 3 is 2.43 bits per heavy atom. The van der Waals surface area contributed by atoms with Crippen molar-refractivity contribution in [2.75, 3.05) is 45.0 Å². The summed E-state index contributed by atoms with van der Waals surface area (Å²) in [5.74, 6) is -0.770. The largest absolute Gasteiger partial charge is 0.436 e. The molecule has 6 rings (SSSR count). The number of carbonyl (C=O) groups excluding carboxylic acids is 2. The summed E-state index contributed by atoms with van der Waals surface area (Å²) in [4.78, 5) is 49.1. The number of aryl methyl sites for hydroxylation is 1. The molecule has 0 aliphatic carbocycles. The van der Waals surface area contributed by atoms with Crippen molar-refractivity contribution in [1.82, 2.24) is 19.7 Å². The number of nitrogens with zero attached hydrogens (tertiary/aromatic N) is 4. The second kappa shape index (κ2) is 14.2. The number of nitrogens with two attached hydrogens (primary N) is 2. The highest BCUT2D eigenvalue weighted by atomic mass is 19.1. The van der Waals surface area contributed by atoms with Crippen LogP contribution in [0.4, 0.5) is 20.6 Å². The van der Waals surface area contributed by atoms with E-state index >= 15 is 0 Å². The van der Waals surface area contributed by atoms with Gasteiger partial charge >= 0.3 is 6.09 Å². The summed E-state index contributed by atoms with van der Waals surface area (Å²) in [7, 11) is 0. The van der Waals surface area contributed by atoms with Crippen molar-refractivity contribution in [3.8, 4) is 0 Å². The van der Waals surface area contributed by atoms with Crippen molar-refractivity contribution in [2.45, 2.75) is 76.4 Å². The van der Waals surface area contributed by atoms with E-state index in [-0.39, 0.29) is 29.3 Å². The number of aromatic amines is 1. The number of H-pyrrole nitrogens is 1. The van der Waals surface area contributed by atoms with Crippen LogP contribution >= 0.6 is 0 Å². The van der Waals surface area contributed by atoms with E-state index < -0.39 is 18.0 Å². The zero-order chi connectivity index (χ0) is 33.1. The lowest BCUT2D eigenvalue weighted by molar-refractivity contribution is -0.210. The lowest BCUT2D eigenvalue weighted by Gasteiger charge is -2.41. The predicted molar refractivity (Wildman–Crippen MR) is 177 cm³/mol. The Morgan fingerprint density at radius 1 is 1.02 bits per heavy atom. The number of hydrogen-bond donors (Lipinski definition) is 3. The fourth-order valence-corrected chi connectivity index (χ4v) is 7.49. The Balaban J connectivity index is 1.14. The van der Waals surface area contributed by atoms with Gasteiger partial charge in [-0.15, -0.1) is 0 Å². The summed E-state index contributed by atoms with van der Waals surface area (Å²) in [6.07, 6.45) is 5.20. The monoisotopic (exact) mass is 646 g/mol. The maximum absolute atomic E-state index is 14.2. The van der Waals surface area contributed by atoms with Gasteiger partial charge in [-0.25, -0.2) is 9.18 Å². The fraction of sp³-hybridized carbons (Fsp3) is 0.514. The molecule has 3 aliphatic heterocycles. The number of halogens is 1. The van der Waals surface area contributed by atoms with Gasteiger partial charge in [0, 0.05) is 49.6 Å². The third-order valence-corrected chi connectivity index (χ3v) is 10.2. The second-order valence-corrected chi connectivity index (χ2v) is 13.2. The molecule has 3 saturated heterocycles. The van der Waals surface area contributed by atoms with E-state index in [2.05, 4.69) is 15.0 Å². The lowest BCUT2D eigenvalue weighted by atomic mass is 9.89. The van der Waals surface area contributed by atoms with Gasteiger partial charge in [-0.3, -0.25) is 9.59 Å². The molecule has 1 aromatic heterocycles. The molecule has 4 heterocycles. The highest BCUT2D eigenvalue weighted by Gasteiger charge is 2.35. The summed E-state index contributed by atoms with van der Waals surface area (Å²) in [5, 5.41) is 4.43. The number of benzene rings is 2. The molecule has 2 amide bonds. The number of nitrogen functional groups attached to an aromatic ring is 1. The maximum atomic E-state index is 14.2. The zero-order valence-corrected chi connectivity index (χ0v) is 27.1. The van der Waals surface area contributed by atoms with Crippen LogP contribution in [0.25, 0.3) is 10.9 Å². The molecule has 11 nitrogen and oxygen atoms in total. The Hall–Kier alpha value is -4.32.